The van der Waals surface area contributed by atoms with Gasteiger partial charge in [0, 0.05) is 6.54 Å². The molecule has 1 heterocycles. The molecule has 21 heavy (non-hydrogen) atoms. The Kier molecular flexibility index (Phi) is 4.71. The molecule has 0 radical (unpaired) electrons. The molecule has 1 N–H and O–H groups in total. The van der Waals surface area contributed by atoms with Crippen LogP contribution < -0.4 is 0 Å². The van der Waals surface area contributed by atoms with Gasteiger partial charge in [-0.05, 0) is 32.6 Å². The van der Waals surface area contributed by atoms with Crippen LogP contribution in [0.2, 0.25) is 0 Å². The minimum Gasteiger partial charge on any atom is -0.394 e. The van der Waals surface area contributed by atoms with Crippen LogP contribution in [0.4, 0.5) is 0 Å². The van der Waals surface area contributed by atoms with E-state index in [1.165, 1.54) is 8.99 Å². The Bertz CT molecular complexity index is 654. The van der Waals surface area contributed by atoms with Crippen molar-refractivity contribution in [2.45, 2.75) is 38.1 Å². The normalized spacial score (nSPS) is 15.4. The van der Waals surface area contributed by atoms with Gasteiger partial charge in [-0.3, -0.25) is 4.68 Å². The van der Waals surface area contributed by atoms with Gasteiger partial charge in [-0.25, -0.2) is 8.42 Å². The molecule has 1 fully saturated rings. The third kappa shape index (κ3) is 3.28. The zero-order valence-electron chi connectivity index (χ0n) is 12.4. The Morgan fingerprint density at radius 1 is 1.48 bits per heavy atom. The first kappa shape index (κ1) is 16.0. The summed E-state index contributed by atoms with van der Waals surface area (Å²) in [4.78, 5) is 0.215. The van der Waals surface area contributed by atoms with Crippen molar-refractivity contribution < 1.29 is 13.5 Å². The number of rotatable bonds is 7. The second-order valence-electron chi connectivity index (χ2n) is 5.39. The number of terminal acetylenes is 1. The molecule has 1 aromatic rings. The van der Waals surface area contributed by atoms with Crippen LogP contribution in [0.5, 0.6) is 0 Å². The molecule has 0 aromatic carbocycles. The van der Waals surface area contributed by atoms with Gasteiger partial charge >= 0.3 is 0 Å². The summed E-state index contributed by atoms with van der Waals surface area (Å²) in [5, 5.41) is 13.2. The lowest BCUT2D eigenvalue weighted by Crippen LogP contribution is -2.34. The molecule has 1 saturated carbocycles. The number of sulfonamides is 1. The maximum Gasteiger partial charge on any atom is 0.247 e. The first-order valence-corrected chi connectivity index (χ1v) is 8.44. The van der Waals surface area contributed by atoms with Crippen molar-refractivity contribution in [1.29, 1.82) is 0 Å². The van der Waals surface area contributed by atoms with Crippen molar-refractivity contribution in [3.05, 3.63) is 11.4 Å². The van der Waals surface area contributed by atoms with Crippen LogP contribution >= 0.6 is 0 Å². The van der Waals surface area contributed by atoms with Crippen molar-refractivity contribution in [3.8, 4) is 12.3 Å². The van der Waals surface area contributed by atoms with Gasteiger partial charge in [-0.2, -0.15) is 9.40 Å². The minimum atomic E-state index is -3.65. The highest BCUT2D eigenvalue weighted by Crippen LogP contribution is 2.32. The van der Waals surface area contributed by atoms with E-state index in [0.29, 0.717) is 23.9 Å². The molecule has 0 bridgehead atoms. The molecule has 0 unspecified atom stereocenters. The average Bonchev–Trinajstić information content (AvgIpc) is 3.16. The van der Waals surface area contributed by atoms with E-state index in [1.807, 2.05) is 0 Å². The summed E-state index contributed by atoms with van der Waals surface area (Å²) in [6.07, 6.45) is 7.43. The SMILES string of the molecule is C#CCN(CC1CC1)S(=O)(=O)c1c(C)nn(CCO)c1C. The fraction of sp³-hybridized carbons (Fsp3) is 0.643. The number of aromatic nitrogens is 2. The third-order valence-corrected chi connectivity index (χ3v) is 5.72. The number of hydrogen-bond donors (Lipinski definition) is 1. The fourth-order valence-electron chi connectivity index (χ4n) is 2.43. The van der Waals surface area contributed by atoms with Crippen LogP contribution in [-0.2, 0) is 16.6 Å². The molecule has 7 heteroatoms. The number of aryl methyl sites for hydroxylation is 1. The Hall–Kier alpha value is -1.36. The quantitative estimate of drug-likeness (QED) is 0.745. The van der Waals surface area contributed by atoms with Crippen LogP contribution in [0.15, 0.2) is 4.90 Å². The largest absolute Gasteiger partial charge is 0.394 e. The topological polar surface area (TPSA) is 75.4 Å². The molecule has 0 aliphatic heterocycles. The first-order chi connectivity index (χ1) is 9.91. The van der Waals surface area contributed by atoms with Crippen LogP contribution in [0.3, 0.4) is 0 Å². The molecule has 0 saturated heterocycles. The van der Waals surface area contributed by atoms with E-state index in [-0.39, 0.29) is 24.6 Å². The van der Waals surface area contributed by atoms with E-state index in [2.05, 4.69) is 11.0 Å². The van der Waals surface area contributed by atoms with Crippen LogP contribution in [0, 0.1) is 32.1 Å². The highest BCUT2D eigenvalue weighted by molar-refractivity contribution is 7.89. The summed E-state index contributed by atoms with van der Waals surface area (Å²) >= 11 is 0. The van der Waals surface area contributed by atoms with E-state index < -0.39 is 10.0 Å². The van der Waals surface area contributed by atoms with E-state index in [0.717, 1.165) is 12.8 Å². The Morgan fingerprint density at radius 2 is 2.14 bits per heavy atom. The number of aliphatic hydroxyl groups excluding tert-OH is 1. The predicted molar refractivity (Wildman–Crippen MR) is 79.1 cm³/mol. The van der Waals surface area contributed by atoms with Crippen molar-refractivity contribution >= 4 is 10.0 Å². The molecular formula is C14H21N3O3S. The van der Waals surface area contributed by atoms with Crippen LogP contribution in [-0.4, -0.2) is 47.3 Å². The molecule has 1 aliphatic carbocycles. The third-order valence-electron chi connectivity index (χ3n) is 3.65. The van der Waals surface area contributed by atoms with Gasteiger partial charge in [0.15, 0.2) is 0 Å². The molecule has 6 nitrogen and oxygen atoms in total. The van der Waals surface area contributed by atoms with E-state index >= 15 is 0 Å². The molecule has 1 aliphatic rings. The van der Waals surface area contributed by atoms with E-state index in [1.54, 1.807) is 13.8 Å². The molecule has 2 rings (SSSR count). The summed E-state index contributed by atoms with van der Waals surface area (Å²) in [6, 6.07) is 0. The smallest absolute Gasteiger partial charge is 0.247 e. The van der Waals surface area contributed by atoms with Gasteiger partial charge < -0.3 is 5.11 Å². The average molecular weight is 311 g/mol. The monoisotopic (exact) mass is 311 g/mol. The Labute approximate surface area is 125 Å². The zero-order valence-corrected chi connectivity index (χ0v) is 13.2. The number of nitrogens with zero attached hydrogens (tertiary/aromatic N) is 3. The van der Waals surface area contributed by atoms with Gasteiger partial charge in [0.05, 0.1) is 31.1 Å². The zero-order chi connectivity index (χ0) is 15.6. The predicted octanol–water partition coefficient (Wildman–Crippen LogP) is 0.526. The van der Waals surface area contributed by atoms with Crippen LogP contribution in [0.1, 0.15) is 24.2 Å². The molecule has 0 spiro atoms. The second-order valence-corrected chi connectivity index (χ2v) is 7.27. The summed E-state index contributed by atoms with van der Waals surface area (Å²) in [7, 11) is -3.65. The summed E-state index contributed by atoms with van der Waals surface area (Å²) in [5.74, 6) is 2.85. The van der Waals surface area contributed by atoms with Gasteiger partial charge in [0.2, 0.25) is 10.0 Å². The highest BCUT2D eigenvalue weighted by atomic mass is 32.2. The second kappa shape index (κ2) is 6.18. The van der Waals surface area contributed by atoms with E-state index in [4.69, 9.17) is 11.5 Å². The van der Waals surface area contributed by atoms with Crippen molar-refractivity contribution in [2.24, 2.45) is 5.92 Å². The van der Waals surface area contributed by atoms with Gasteiger partial charge in [-0.1, -0.05) is 5.92 Å². The van der Waals surface area contributed by atoms with Crippen molar-refractivity contribution in [1.82, 2.24) is 14.1 Å². The van der Waals surface area contributed by atoms with Gasteiger partial charge in [-0.15, -0.1) is 6.42 Å². The first-order valence-electron chi connectivity index (χ1n) is 7.00. The minimum absolute atomic E-state index is 0.0723. The molecular weight excluding hydrogens is 290 g/mol. The Balaban J connectivity index is 2.39. The van der Waals surface area contributed by atoms with E-state index in [9.17, 15) is 8.42 Å². The standard InChI is InChI=1S/C14H21N3O3S/c1-4-7-16(10-13-5-6-13)21(19,20)14-11(2)15-17(8-9-18)12(14)3/h1,13,18H,5-10H2,2-3H3. The number of aliphatic hydroxyl groups is 1. The summed E-state index contributed by atoms with van der Waals surface area (Å²) in [6.45, 7) is 4.10. The number of hydrogen-bond acceptors (Lipinski definition) is 4. The molecule has 0 atom stereocenters. The highest BCUT2D eigenvalue weighted by Gasteiger charge is 2.34. The lowest BCUT2D eigenvalue weighted by atomic mass is 10.4. The van der Waals surface area contributed by atoms with Gasteiger partial charge in [0.1, 0.15) is 4.90 Å². The lowest BCUT2D eigenvalue weighted by Gasteiger charge is -2.20. The molecule has 0 amide bonds. The lowest BCUT2D eigenvalue weighted by molar-refractivity contribution is 0.267. The maximum atomic E-state index is 12.9. The van der Waals surface area contributed by atoms with Crippen molar-refractivity contribution in [3.63, 3.8) is 0 Å². The maximum absolute atomic E-state index is 12.9. The fourth-order valence-corrected chi connectivity index (χ4v) is 4.24. The van der Waals surface area contributed by atoms with Gasteiger partial charge in [0.25, 0.3) is 0 Å². The molecule has 1 aromatic heterocycles. The van der Waals surface area contributed by atoms with Crippen molar-refractivity contribution in [2.75, 3.05) is 19.7 Å². The molecule has 116 valence electrons. The summed E-state index contributed by atoms with van der Waals surface area (Å²) in [5.41, 5.74) is 0.984. The summed E-state index contributed by atoms with van der Waals surface area (Å²) < 4.78 is 28.6. The van der Waals surface area contributed by atoms with Crippen LogP contribution in [0.25, 0.3) is 0 Å². The Morgan fingerprint density at radius 3 is 2.67 bits per heavy atom.